The number of amides is 1. The molecule has 0 aliphatic carbocycles. The van der Waals surface area contributed by atoms with Gasteiger partial charge in [0, 0.05) is 38.2 Å². The fourth-order valence-electron chi connectivity index (χ4n) is 4.34. The number of carbonyl (C=O) groups is 1. The summed E-state index contributed by atoms with van der Waals surface area (Å²) in [5.41, 5.74) is 8.81. The number of benzene rings is 2. The van der Waals surface area contributed by atoms with Crippen LogP contribution in [0, 0.1) is 5.92 Å². The Hall–Kier alpha value is -2.22. The average molecular weight is 400 g/mol. The van der Waals surface area contributed by atoms with Crippen LogP contribution >= 0.6 is 0 Å². The van der Waals surface area contributed by atoms with Crippen LogP contribution in [0.15, 0.2) is 53.4 Å². The minimum absolute atomic E-state index is 0.0678. The van der Waals surface area contributed by atoms with Crippen molar-refractivity contribution in [1.29, 1.82) is 0 Å². The third-order valence-corrected chi connectivity index (χ3v) is 7.74. The van der Waals surface area contributed by atoms with E-state index in [1.807, 2.05) is 36.4 Å². The van der Waals surface area contributed by atoms with Crippen molar-refractivity contribution in [3.63, 3.8) is 0 Å². The van der Waals surface area contributed by atoms with Gasteiger partial charge < -0.3 is 10.6 Å². The summed E-state index contributed by atoms with van der Waals surface area (Å²) >= 11 is 0. The number of rotatable bonds is 4. The van der Waals surface area contributed by atoms with Crippen LogP contribution in [0.1, 0.15) is 24.0 Å². The molecule has 1 fully saturated rings. The van der Waals surface area contributed by atoms with Gasteiger partial charge in [-0.3, -0.25) is 4.79 Å². The van der Waals surface area contributed by atoms with Crippen LogP contribution in [0.3, 0.4) is 0 Å². The molecule has 2 aliphatic rings. The molecule has 6 nitrogen and oxygen atoms in total. The maximum Gasteiger partial charge on any atom is 0.243 e. The van der Waals surface area contributed by atoms with E-state index in [-0.39, 0.29) is 22.6 Å². The van der Waals surface area contributed by atoms with E-state index in [4.69, 9.17) is 5.73 Å². The summed E-state index contributed by atoms with van der Waals surface area (Å²) in [6.45, 7) is 3.37. The molecule has 4 rings (SSSR count). The lowest BCUT2D eigenvalue weighted by atomic mass is 9.89. The zero-order valence-corrected chi connectivity index (χ0v) is 16.7. The molecule has 0 aromatic heterocycles. The van der Waals surface area contributed by atoms with Gasteiger partial charge in [-0.15, -0.1) is 0 Å². The first-order chi connectivity index (χ1) is 13.4. The minimum atomic E-state index is -3.65. The molecule has 2 heterocycles. The molecule has 7 heteroatoms. The summed E-state index contributed by atoms with van der Waals surface area (Å²) in [6.07, 6.45) is 0.754. The predicted molar refractivity (Wildman–Crippen MR) is 109 cm³/mol. The summed E-state index contributed by atoms with van der Waals surface area (Å²) in [5, 5.41) is 0. The molecule has 0 radical (unpaired) electrons. The normalized spacial score (nSPS) is 22.4. The van der Waals surface area contributed by atoms with E-state index < -0.39 is 10.0 Å². The Morgan fingerprint density at radius 2 is 1.89 bits per heavy atom. The molecule has 2 atom stereocenters. The highest BCUT2D eigenvalue weighted by atomic mass is 32.2. The van der Waals surface area contributed by atoms with E-state index in [0.29, 0.717) is 31.9 Å². The number of nitrogens with two attached hydrogens (primary N) is 1. The SMILES string of the molecule is CC(=O)N1CCc2ccc(S(=O)(=O)N3C[C@@H](CN)[C@H](c4ccccc4)C3)cc21. The number of anilines is 1. The largest absolute Gasteiger partial charge is 0.330 e. The molecule has 0 unspecified atom stereocenters. The first-order valence-electron chi connectivity index (χ1n) is 9.58. The molecule has 2 N–H and O–H groups in total. The lowest BCUT2D eigenvalue weighted by Crippen LogP contribution is -2.30. The van der Waals surface area contributed by atoms with Gasteiger partial charge >= 0.3 is 0 Å². The first kappa shape index (κ1) is 19.1. The molecule has 2 aromatic carbocycles. The van der Waals surface area contributed by atoms with Gasteiger partial charge in [0.05, 0.1) is 4.90 Å². The lowest BCUT2D eigenvalue weighted by molar-refractivity contribution is -0.116. The van der Waals surface area contributed by atoms with E-state index in [1.54, 1.807) is 17.0 Å². The maximum atomic E-state index is 13.3. The Labute approximate surface area is 166 Å². The maximum absolute atomic E-state index is 13.3. The number of fused-ring (bicyclic) bond motifs is 1. The molecule has 2 aliphatic heterocycles. The van der Waals surface area contributed by atoms with Crippen LogP contribution < -0.4 is 10.6 Å². The van der Waals surface area contributed by atoms with Crippen LogP contribution in [0.2, 0.25) is 0 Å². The fourth-order valence-corrected chi connectivity index (χ4v) is 5.88. The van der Waals surface area contributed by atoms with Gasteiger partial charge in [0.15, 0.2) is 0 Å². The average Bonchev–Trinajstić information content (AvgIpc) is 3.32. The molecule has 2 aromatic rings. The Morgan fingerprint density at radius 3 is 2.57 bits per heavy atom. The highest BCUT2D eigenvalue weighted by molar-refractivity contribution is 7.89. The summed E-state index contributed by atoms with van der Waals surface area (Å²) in [6, 6.07) is 15.1. The smallest absolute Gasteiger partial charge is 0.243 e. The van der Waals surface area contributed by atoms with Crippen molar-refractivity contribution in [2.24, 2.45) is 11.7 Å². The summed E-state index contributed by atoms with van der Waals surface area (Å²) in [7, 11) is -3.65. The molecule has 1 amide bonds. The number of nitrogens with zero attached hydrogens (tertiary/aromatic N) is 2. The molecular formula is C21H25N3O3S. The van der Waals surface area contributed by atoms with Crippen molar-refractivity contribution in [2.75, 3.05) is 31.1 Å². The van der Waals surface area contributed by atoms with Gasteiger partial charge in [-0.1, -0.05) is 36.4 Å². The van der Waals surface area contributed by atoms with Crippen molar-refractivity contribution < 1.29 is 13.2 Å². The van der Waals surface area contributed by atoms with Crippen LogP contribution in [-0.2, 0) is 21.2 Å². The van der Waals surface area contributed by atoms with Crippen molar-refractivity contribution in [3.8, 4) is 0 Å². The predicted octanol–water partition coefficient (Wildman–Crippen LogP) is 1.96. The van der Waals surface area contributed by atoms with E-state index in [9.17, 15) is 13.2 Å². The fraction of sp³-hybridized carbons (Fsp3) is 0.381. The summed E-state index contributed by atoms with van der Waals surface area (Å²) < 4.78 is 28.2. The van der Waals surface area contributed by atoms with Gasteiger partial charge in [0.2, 0.25) is 15.9 Å². The van der Waals surface area contributed by atoms with E-state index in [0.717, 1.165) is 17.5 Å². The number of carbonyl (C=O) groups excluding carboxylic acids is 1. The third kappa shape index (κ3) is 3.23. The number of sulfonamides is 1. The lowest BCUT2D eigenvalue weighted by Gasteiger charge is -2.19. The second kappa shape index (κ2) is 7.31. The molecule has 0 spiro atoms. The van der Waals surface area contributed by atoms with Crippen molar-refractivity contribution in [1.82, 2.24) is 4.31 Å². The summed E-state index contributed by atoms with van der Waals surface area (Å²) in [4.78, 5) is 13.7. The van der Waals surface area contributed by atoms with E-state index in [1.165, 1.54) is 11.2 Å². The number of hydrogen-bond acceptors (Lipinski definition) is 4. The quantitative estimate of drug-likeness (QED) is 0.852. The van der Waals surface area contributed by atoms with Crippen molar-refractivity contribution >= 4 is 21.6 Å². The monoisotopic (exact) mass is 399 g/mol. The Kier molecular flexibility index (Phi) is 4.99. The Balaban J connectivity index is 1.64. The van der Waals surface area contributed by atoms with E-state index in [2.05, 4.69) is 0 Å². The molecule has 0 saturated carbocycles. The Morgan fingerprint density at radius 1 is 1.14 bits per heavy atom. The molecule has 0 bridgehead atoms. The van der Waals surface area contributed by atoms with Crippen molar-refractivity contribution in [3.05, 3.63) is 59.7 Å². The van der Waals surface area contributed by atoms with Crippen LogP contribution in [-0.4, -0.2) is 44.8 Å². The zero-order valence-electron chi connectivity index (χ0n) is 15.9. The summed E-state index contributed by atoms with van der Waals surface area (Å²) in [5.74, 6) is 0.103. The van der Waals surface area contributed by atoms with Crippen molar-refractivity contribution in [2.45, 2.75) is 24.2 Å². The molecule has 148 valence electrons. The second-order valence-corrected chi connectivity index (χ2v) is 9.48. The number of hydrogen-bond donors (Lipinski definition) is 1. The highest BCUT2D eigenvalue weighted by Gasteiger charge is 2.39. The van der Waals surface area contributed by atoms with Crippen LogP contribution in [0.4, 0.5) is 5.69 Å². The van der Waals surface area contributed by atoms with Gasteiger partial charge in [-0.05, 0) is 42.1 Å². The van der Waals surface area contributed by atoms with Gasteiger partial charge in [-0.25, -0.2) is 8.42 Å². The first-order valence-corrected chi connectivity index (χ1v) is 11.0. The molecular weight excluding hydrogens is 374 g/mol. The van der Waals surface area contributed by atoms with Gasteiger partial charge in [0.1, 0.15) is 0 Å². The minimum Gasteiger partial charge on any atom is -0.330 e. The molecule has 28 heavy (non-hydrogen) atoms. The van der Waals surface area contributed by atoms with Crippen LogP contribution in [0.25, 0.3) is 0 Å². The third-order valence-electron chi connectivity index (χ3n) is 5.91. The second-order valence-electron chi connectivity index (χ2n) is 7.55. The standard InChI is InChI=1S/C21H25N3O3S/c1-15(25)24-10-9-17-7-8-19(11-21(17)24)28(26,27)23-13-18(12-22)20(14-23)16-5-3-2-4-6-16/h2-8,11,18,20H,9-10,12-14,22H2,1H3/t18-,20+/m1/s1. The van der Waals surface area contributed by atoms with Gasteiger partial charge in [0.25, 0.3) is 0 Å². The van der Waals surface area contributed by atoms with Gasteiger partial charge in [-0.2, -0.15) is 4.31 Å². The highest BCUT2D eigenvalue weighted by Crippen LogP contribution is 2.37. The van der Waals surface area contributed by atoms with E-state index >= 15 is 0 Å². The molecule has 1 saturated heterocycles. The zero-order chi connectivity index (χ0) is 19.9. The van der Waals surface area contributed by atoms with Crippen LogP contribution in [0.5, 0.6) is 0 Å². The Bertz CT molecular complexity index is 991. The topological polar surface area (TPSA) is 83.7 Å².